The zero-order chi connectivity index (χ0) is 12.8. The van der Waals surface area contributed by atoms with Gasteiger partial charge in [-0.15, -0.1) is 0 Å². The molecule has 0 aliphatic carbocycles. The van der Waals surface area contributed by atoms with E-state index < -0.39 is 6.43 Å². The Balaban J connectivity index is 2.53. The Kier molecular flexibility index (Phi) is 5.51. The number of rotatable bonds is 6. The van der Waals surface area contributed by atoms with Crippen molar-refractivity contribution < 1.29 is 8.78 Å². The van der Waals surface area contributed by atoms with Gasteiger partial charge in [-0.05, 0) is 24.6 Å². The molecule has 0 saturated heterocycles. The van der Waals surface area contributed by atoms with Crippen LogP contribution in [-0.2, 0) is 6.42 Å². The highest BCUT2D eigenvalue weighted by molar-refractivity contribution is 5.25. The monoisotopic (exact) mass is 242 g/mol. The summed E-state index contributed by atoms with van der Waals surface area (Å²) in [6, 6.07) is 7.79. The maximum Gasteiger partial charge on any atom is 0.251 e. The second-order valence-corrected chi connectivity index (χ2v) is 4.31. The molecule has 1 unspecified atom stereocenters. The van der Waals surface area contributed by atoms with Crippen LogP contribution in [0.15, 0.2) is 24.3 Å². The van der Waals surface area contributed by atoms with Crippen LogP contribution in [0.25, 0.3) is 0 Å². The molecule has 0 aliphatic heterocycles. The fourth-order valence-electron chi connectivity index (χ4n) is 1.75. The molecule has 0 amide bonds. The maximum atomic E-state index is 12.2. The van der Waals surface area contributed by atoms with Gasteiger partial charge >= 0.3 is 0 Å². The van der Waals surface area contributed by atoms with Crippen LogP contribution < -0.4 is 5.73 Å². The summed E-state index contributed by atoms with van der Waals surface area (Å²) in [4.78, 5) is 1.56. The molecule has 0 saturated carbocycles. The van der Waals surface area contributed by atoms with Gasteiger partial charge in [-0.1, -0.05) is 31.2 Å². The van der Waals surface area contributed by atoms with E-state index >= 15 is 0 Å². The third-order valence-electron chi connectivity index (χ3n) is 2.77. The molecule has 1 aromatic rings. The normalized spacial score (nSPS) is 13.4. The second-order valence-electron chi connectivity index (χ2n) is 4.31. The molecule has 0 aromatic heterocycles. The minimum atomic E-state index is -2.31. The fraction of sp³-hybridized carbons (Fsp3) is 0.538. The molecule has 0 aliphatic rings. The molecular formula is C13H20F2N2. The Bertz CT molecular complexity index is 325. The van der Waals surface area contributed by atoms with E-state index in [0.717, 1.165) is 12.0 Å². The maximum absolute atomic E-state index is 12.2. The molecule has 0 heterocycles. The number of likely N-dealkylation sites (N-methyl/N-ethyl adjacent to an activating group) is 1. The van der Waals surface area contributed by atoms with Crippen LogP contribution in [0.5, 0.6) is 0 Å². The lowest BCUT2D eigenvalue weighted by Gasteiger charge is -2.21. The Morgan fingerprint density at radius 2 is 1.76 bits per heavy atom. The fourth-order valence-corrected chi connectivity index (χ4v) is 1.75. The Labute approximate surface area is 101 Å². The van der Waals surface area contributed by atoms with Crippen molar-refractivity contribution in [3.8, 4) is 0 Å². The van der Waals surface area contributed by atoms with Crippen LogP contribution >= 0.6 is 0 Å². The number of nitrogens with two attached hydrogens (primary N) is 1. The van der Waals surface area contributed by atoms with E-state index in [-0.39, 0.29) is 12.6 Å². The average Bonchev–Trinajstić information content (AvgIpc) is 2.28. The summed E-state index contributed by atoms with van der Waals surface area (Å²) < 4.78 is 24.3. The highest BCUT2D eigenvalue weighted by Gasteiger charge is 2.12. The summed E-state index contributed by atoms with van der Waals surface area (Å²) in [6.45, 7) is 2.29. The van der Waals surface area contributed by atoms with E-state index in [9.17, 15) is 8.78 Å². The van der Waals surface area contributed by atoms with Crippen molar-refractivity contribution >= 4 is 0 Å². The van der Waals surface area contributed by atoms with Crippen molar-refractivity contribution in [1.29, 1.82) is 0 Å². The lowest BCUT2D eigenvalue weighted by molar-refractivity contribution is 0.0978. The van der Waals surface area contributed by atoms with Gasteiger partial charge in [0.1, 0.15) is 0 Å². The first-order valence-corrected chi connectivity index (χ1v) is 5.84. The van der Waals surface area contributed by atoms with E-state index in [2.05, 4.69) is 6.92 Å². The van der Waals surface area contributed by atoms with Crippen molar-refractivity contribution in [3.63, 3.8) is 0 Å². The van der Waals surface area contributed by atoms with Crippen LogP contribution in [-0.4, -0.2) is 31.5 Å². The zero-order valence-corrected chi connectivity index (χ0v) is 10.4. The predicted molar refractivity (Wildman–Crippen MR) is 66.2 cm³/mol. The molecule has 2 N–H and O–H groups in total. The van der Waals surface area contributed by atoms with Crippen LogP contribution in [0, 0.1) is 0 Å². The molecule has 17 heavy (non-hydrogen) atoms. The van der Waals surface area contributed by atoms with Gasteiger partial charge in [0.2, 0.25) is 0 Å². The number of hydrogen-bond acceptors (Lipinski definition) is 2. The smallest absolute Gasteiger partial charge is 0.251 e. The highest BCUT2D eigenvalue weighted by Crippen LogP contribution is 2.13. The first-order chi connectivity index (χ1) is 8.02. The summed E-state index contributed by atoms with van der Waals surface area (Å²) >= 11 is 0. The molecular weight excluding hydrogens is 222 g/mol. The number of hydrogen-bond donors (Lipinski definition) is 1. The quantitative estimate of drug-likeness (QED) is 0.830. The van der Waals surface area contributed by atoms with Crippen LogP contribution in [0.4, 0.5) is 8.78 Å². The molecule has 0 bridgehead atoms. The van der Waals surface area contributed by atoms with E-state index in [1.54, 1.807) is 11.9 Å². The van der Waals surface area contributed by atoms with E-state index in [0.29, 0.717) is 6.54 Å². The van der Waals surface area contributed by atoms with Gasteiger partial charge in [-0.25, -0.2) is 8.78 Å². The standard InChI is InChI=1S/C13H20F2N2/c1-3-10-4-6-11(7-5-10)12(16)8-17(2)9-13(14)15/h4-7,12-13H,3,8-9,16H2,1-2H3. The lowest BCUT2D eigenvalue weighted by atomic mass is 10.0. The van der Waals surface area contributed by atoms with E-state index in [1.165, 1.54) is 5.56 Å². The first-order valence-electron chi connectivity index (χ1n) is 5.84. The van der Waals surface area contributed by atoms with Crippen molar-refractivity contribution in [3.05, 3.63) is 35.4 Å². The third-order valence-corrected chi connectivity index (χ3v) is 2.77. The van der Waals surface area contributed by atoms with E-state index in [1.807, 2.05) is 24.3 Å². The molecule has 1 rings (SSSR count). The van der Waals surface area contributed by atoms with Gasteiger partial charge in [0.05, 0.1) is 6.54 Å². The summed E-state index contributed by atoms with van der Waals surface area (Å²) in [5, 5.41) is 0. The molecule has 4 heteroatoms. The van der Waals surface area contributed by atoms with Crippen LogP contribution in [0.3, 0.4) is 0 Å². The van der Waals surface area contributed by atoms with Crippen LogP contribution in [0.2, 0.25) is 0 Å². The van der Waals surface area contributed by atoms with Gasteiger partial charge < -0.3 is 5.73 Å². The van der Waals surface area contributed by atoms with Gasteiger partial charge in [0.25, 0.3) is 6.43 Å². The predicted octanol–water partition coefficient (Wildman–Crippen LogP) is 2.45. The highest BCUT2D eigenvalue weighted by atomic mass is 19.3. The second kappa shape index (κ2) is 6.67. The minimum Gasteiger partial charge on any atom is -0.323 e. The summed E-state index contributed by atoms with van der Waals surface area (Å²) in [5.41, 5.74) is 8.22. The number of alkyl halides is 2. The van der Waals surface area contributed by atoms with Crippen molar-refractivity contribution in [1.82, 2.24) is 4.90 Å². The van der Waals surface area contributed by atoms with Gasteiger partial charge in [-0.2, -0.15) is 0 Å². The molecule has 0 fully saturated rings. The first kappa shape index (κ1) is 14.1. The number of benzene rings is 1. The lowest BCUT2D eigenvalue weighted by Crippen LogP contribution is -2.32. The summed E-state index contributed by atoms with van der Waals surface area (Å²) in [7, 11) is 1.66. The average molecular weight is 242 g/mol. The number of aryl methyl sites for hydroxylation is 1. The topological polar surface area (TPSA) is 29.3 Å². The van der Waals surface area contributed by atoms with Crippen molar-refractivity contribution in [2.75, 3.05) is 20.1 Å². The number of halogens is 2. The number of nitrogens with zero attached hydrogens (tertiary/aromatic N) is 1. The van der Waals surface area contributed by atoms with Gasteiger partial charge in [0, 0.05) is 12.6 Å². The molecule has 1 aromatic carbocycles. The van der Waals surface area contributed by atoms with Crippen molar-refractivity contribution in [2.45, 2.75) is 25.8 Å². The molecule has 96 valence electrons. The van der Waals surface area contributed by atoms with Crippen LogP contribution in [0.1, 0.15) is 24.1 Å². The summed E-state index contributed by atoms with van der Waals surface area (Å²) in [5.74, 6) is 0. The SMILES string of the molecule is CCc1ccc(C(N)CN(C)CC(F)F)cc1. The van der Waals surface area contributed by atoms with Gasteiger partial charge in [-0.3, -0.25) is 4.90 Å². The van der Waals surface area contributed by atoms with Crippen molar-refractivity contribution in [2.24, 2.45) is 5.73 Å². The zero-order valence-electron chi connectivity index (χ0n) is 10.4. The molecule has 2 nitrogen and oxygen atoms in total. The third kappa shape index (κ3) is 4.79. The Morgan fingerprint density at radius 3 is 2.24 bits per heavy atom. The molecule has 0 radical (unpaired) electrons. The largest absolute Gasteiger partial charge is 0.323 e. The van der Waals surface area contributed by atoms with E-state index in [4.69, 9.17) is 5.73 Å². The Morgan fingerprint density at radius 1 is 1.18 bits per heavy atom. The summed E-state index contributed by atoms with van der Waals surface area (Å²) in [6.07, 6.45) is -1.32. The Hall–Kier alpha value is -1.00. The van der Waals surface area contributed by atoms with Gasteiger partial charge in [0.15, 0.2) is 0 Å². The molecule has 0 spiro atoms. The minimum absolute atomic E-state index is 0.218. The molecule has 1 atom stereocenters.